The van der Waals surface area contributed by atoms with Gasteiger partial charge in [0.25, 0.3) is 0 Å². The van der Waals surface area contributed by atoms with Crippen molar-refractivity contribution in [3.05, 3.63) is 59.2 Å². The lowest BCUT2D eigenvalue weighted by molar-refractivity contribution is 0.357. The van der Waals surface area contributed by atoms with Crippen molar-refractivity contribution < 1.29 is 9.47 Å². The van der Waals surface area contributed by atoms with Crippen molar-refractivity contribution in [1.29, 1.82) is 0 Å². The van der Waals surface area contributed by atoms with Crippen LogP contribution < -0.4 is 20.1 Å². The van der Waals surface area contributed by atoms with Crippen LogP contribution in [0.5, 0.6) is 11.5 Å². The Hall–Kier alpha value is -2.69. The predicted octanol–water partition coefficient (Wildman–Crippen LogP) is 2.93. The molecule has 0 bridgehead atoms. The molecule has 0 aliphatic carbocycles. The Morgan fingerprint density at radius 2 is 2.08 bits per heavy atom. The van der Waals surface area contributed by atoms with Crippen LogP contribution in [-0.2, 0) is 19.4 Å². The van der Waals surface area contributed by atoms with Gasteiger partial charge < -0.3 is 20.1 Å². The highest BCUT2D eigenvalue weighted by atomic mass is 16.5. The van der Waals surface area contributed by atoms with Crippen molar-refractivity contribution in [2.24, 2.45) is 4.99 Å². The molecule has 0 atom stereocenters. The number of guanidine groups is 1. The minimum atomic E-state index is 0.579. The largest absolute Gasteiger partial charge is 0.496 e. The summed E-state index contributed by atoms with van der Waals surface area (Å²) in [6.45, 7) is 5.11. The maximum atomic E-state index is 5.57. The molecule has 138 valence electrons. The Labute approximate surface area is 155 Å². The molecule has 5 nitrogen and oxygen atoms in total. The van der Waals surface area contributed by atoms with E-state index in [0.717, 1.165) is 55.6 Å². The summed E-state index contributed by atoms with van der Waals surface area (Å²) in [6.07, 6.45) is 1.96. The molecule has 0 spiro atoms. The van der Waals surface area contributed by atoms with E-state index in [1.807, 2.05) is 24.3 Å². The standard InChI is InChI=1S/C21H27N3O2/c1-3-22-21(24-15-18-6-4-5-7-19(18)25-2)23-12-10-16-8-9-20-17(14-16)11-13-26-20/h4-9,14H,3,10-13,15H2,1-2H3,(H2,22,23,24). The average molecular weight is 353 g/mol. The number of para-hydroxylation sites is 1. The molecule has 0 saturated heterocycles. The van der Waals surface area contributed by atoms with E-state index >= 15 is 0 Å². The van der Waals surface area contributed by atoms with E-state index < -0.39 is 0 Å². The zero-order valence-corrected chi connectivity index (χ0v) is 15.5. The number of benzene rings is 2. The topological polar surface area (TPSA) is 54.9 Å². The van der Waals surface area contributed by atoms with Gasteiger partial charge >= 0.3 is 0 Å². The average Bonchev–Trinajstić information content (AvgIpc) is 3.14. The number of hydrogen-bond acceptors (Lipinski definition) is 3. The normalized spacial score (nSPS) is 13.1. The van der Waals surface area contributed by atoms with Crippen LogP contribution in [0, 0.1) is 0 Å². The quantitative estimate of drug-likeness (QED) is 0.594. The molecule has 5 heteroatoms. The van der Waals surface area contributed by atoms with Gasteiger partial charge in [-0.3, -0.25) is 0 Å². The molecule has 1 aliphatic rings. The van der Waals surface area contributed by atoms with Gasteiger partial charge in [0.15, 0.2) is 5.96 Å². The van der Waals surface area contributed by atoms with E-state index in [9.17, 15) is 0 Å². The molecule has 26 heavy (non-hydrogen) atoms. The van der Waals surface area contributed by atoms with Crippen molar-refractivity contribution in [2.45, 2.75) is 26.3 Å². The second-order valence-corrected chi connectivity index (χ2v) is 6.22. The molecule has 1 aliphatic heterocycles. The summed E-state index contributed by atoms with van der Waals surface area (Å²) in [6, 6.07) is 14.5. The number of fused-ring (bicyclic) bond motifs is 1. The third kappa shape index (κ3) is 4.69. The molecule has 0 radical (unpaired) electrons. The molecule has 2 N–H and O–H groups in total. The highest BCUT2D eigenvalue weighted by Crippen LogP contribution is 2.25. The molecule has 1 heterocycles. The molecule has 2 aromatic rings. The van der Waals surface area contributed by atoms with Gasteiger partial charge in [-0.2, -0.15) is 0 Å². The summed E-state index contributed by atoms with van der Waals surface area (Å²) < 4.78 is 11.0. The van der Waals surface area contributed by atoms with E-state index in [4.69, 9.17) is 9.47 Å². The van der Waals surface area contributed by atoms with E-state index in [-0.39, 0.29) is 0 Å². The van der Waals surface area contributed by atoms with Gasteiger partial charge in [0.1, 0.15) is 11.5 Å². The fraction of sp³-hybridized carbons (Fsp3) is 0.381. The Bertz CT molecular complexity index is 759. The highest BCUT2D eigenvalue weighted by Gasteiger charge is 2.11. The zero-order chi connectivity index (χ0) is 18.2. The van der Waals surface area contributed by atoms with Crippen molar-refractivity contribution >= 4 is 5.96 Å². The second-order valence-electron chi connectivity index (χ2n) is 6.22. The lowest BCUT2D eigenvalue weighted by atomic mass is 10.1. The molecule has 2 aromatic carbocycles. The minimum Gasteiger partial charge on any atom is -0.496 e. The first-order valence-electron chi connectivity index (χ1n) is 9.19. The van der Waals surface area contributed by atoms with Crippen LogP contribution in [0.4, 0.5) is 0 Å². The SMILES string of the molecule is CCNC(=NCc1ccccc1OC)NCCc1ccc2c(c1)CCO2. The monoisotopic (exact) mass is 353 g/mol. The third-order valence-corrected chi connectivity index (χ3v) is 4.40. The summed E-state index contributed by atoms with van der Waals surface area (Å²) in [5, 5.41) is 6.71. The van der Waals surface area contributed by atoms with Crippen molar-refractivity contribution in [1.82, 2.24) is 10.6 Å². The third-order valence-electron chi connectivity index (χ3n) is 4.40. The predicted molar refractivity (Wildman–Crippen MR) is 105 cm³/mol. The van der Waals surface area contributed by atoms with Crippen LogP contribution in [0.3, 0.4) is 0 Å². The van der Waals surface area contributed by atoms with Gasteiger partial charge in [-0.05, 0) is 36.6 Å². The maximum absolute atomic E-state index is 5.57. The summed E-state index contributed by atoms with van der Waals surface area (Å²) in [7, 11) is 1.69. The summed E-state index contributed by atoms with van der Waals surface area (Å²) in [5.74, 6) is 2.73. The molecule has 0 fully saturated rings. The van der Waals surface area contributed by atoms with Gasteiger partial charge in [0, 0.05) is 25.1 Å². The van der Waals surface area contributed by atoms with Gasteiger partial charge in [0.05, 0.1) is 20.3 Å². The number of ether oxygens (including phenoxy) is 2. The van der Waals surface area contributed by atoms with E-state index in [1.165, 1.54) is 11.1 Å². The second kappa shape index (κ2) is 9.13. The van der Waals surface area contributed by atoms with Gasteiger partial charge in [-0.15, -0.1) is 0 Å². The minimum absolute atomic E-state index is 0.579. The number of nitrogens with one attached hydrogen (secondary N) is 2. The first-order valence-corrected chi connectivity index (χ1v) is 9.19. The molecular formula is C21H27N3O2. The summed E-state index contributed by atoms with van der Waals surface area (Å²) in [4.78, 5) is 4.68. The maximum Gasteiger partial charge on any atom is 0.191 e. The summed E-state index contributed by atoms with van der Waals surface area (Å²) in [5.41, 5.74) is 3.72. The van der Waals surface area contributed by atoms with Crippen LogP contribution in [0.1, 0.15) is 23.6 Å². The fourth-order valence-electron chi connectivity index (χ4n) is 3.06. The molecule has 0 aromatic heterocycles. The van der Waals surface area contributed by atoms with Crippen molar-refractivity contribution in [2.75, 3.05) is 26.8 Å². The molecular weight excluding hydrogens is 326 g/mol. The summed E-state index contributed by atoms with van der Waals surface area (Å²) >= 11 is 0. The van der Waals surface area contributed by atoms with Crippen LogP contribution in [-0.4, -0.2) is 32.8 Å². The number of methoxy groups -OCH3 is 1. The van der Waals surface area contributed by atoms with E-state index in [1.54, 1.807) is 7.11 Å². The van der Waals surface area contributed by atoms with E-state index in [2.05, 4.69) is 40.7 Å². The fourth-order valence-corrected chi connectivity index (χ4v) is 3.06. The Morgan fingerprint density at radius 3 is 2.92 bits per heavy atom. The molecule has 0 saturated carbocycles. The van der Waals surface area contributed by atoms with Gasteiger partial charge in [0.2, 0.25) is 0 Å². The highest BCUT2D eigenvalue weighted by molar-refractivity contribution is 5.79. The lowest BCUT2D eigenvalue weighted by Crippen LogP contribution is -2.38. The number of hydrogen-bond donors (Lipinski definition) is 2. The van der Waals surface area contributed by atoms with Gasteiger partial charge in [-0.25, -0.2) is 4.99 Å². The first-order chi connectivity index (χ1) is 12.8. The number of rotatable bonds is 7. The molecule has 0 unspecified atom stereocenters. The Balaban J connectivity index is 1.56. The molecule has 0 amide bonds. The zero-order valence-electron chi connectivity index (χ0n) is 15.5. The Kier molecular flexibility index (Phi) is 6.36. The van der Waals surface area contributed by atoms with Crippen molar-refractivity contribution in [3.8, 4) is 11.5 Å². The van der Waals surface area contributed by atoms with Crippen LogP contribution in [0.15, 0.2) is 47.5 Å². The van der Waals surface area contributed by atoms with E-state index in [0.29, 0.717) is 6.54 Å². The van der Waals surface area contributed by atoms with Crippen LogP contribution in [0.2, 0.25) is 0 Å². The Morgan fingerprint density at radius 1 is 1.19 bits per heavy atom. The molecule has 3 rings (SSSR count). The van der Waals surface area contributed by atoms with Crippen molar-refractivity contribution in [3.63, 3.8) is 0 Å². The number of nitrogens with zero attached hydrogens (tertiary/aromatic N) is 1. The lowest BCUT2D eigenvalue weighted by Gasteiger charge is -2.12. The number of aliphatic imine (C=N–C) groups is 1. The van der Waals surface area contributed by atoms with Gasteiger partial charge in [-0.1, -0.05) is 30.3 Å². The van der Waals surface area contributed by atoms with Crippen LogP contribution >= 0.6 is 0 Å². The van der Waals surface area contributed by atoms with Crippen LogP contribution in [0.25, 0.3) is 0 Å². The smallest absolute Gasteiger partial charge is 0.191 e. The first kappa shape index (κ1) is 18.1.